The Hall–Kier alpha value is -2.03. The molecule has 0 bridgehead atoms. The first-order valence-corrected chi connectivity index (χ1v) is 6.46. The maximum absolute atomic E-state index is 5.79. The SMILES string of the molecule is CC(C)(C)Oc1ccc(CNc2ccccn2)cc1. The molecule has 100 valence electrons. The van der Waals surface area contributed by atoms with Crippen molar-refractivity contribution >= 4 is 5.82 Å². The van der Waals surface area contributed by atoms with Crippen LogP contribution in [-0.2, 0) is 6.54 Å². The number of benzene rings is 1. The topological polar surface area (TPSA) is 34.1 Å². The minimum Gasteiger partial charge on any atom is -0.488 e. The highest BCUT2D eigenvalue weighted by molar-refractivity contribution is 5.36. The molecule has 1 aromatic carbocycles. The van der Waals surface area contributed by atoms with Crippen molar-refractivity contribution in [1.29, 1.82) is 0 Å². The van der Waals surface area contributed by atoms with Crippen LogP contribution in [0.15, 0.2) is 48.7 Å². The van der Waals surface area contributed by atoms with E-state index in [0.29, 0.717) is 0 Å². The number of aromatic nitrogens is 1. The van der Waals surface area contributed by atoms with Gasteiger partial charge in [0.1, 0.15) is 17.2 Å². The van der Waals surface area contributed by atoms with Crippen molar-refractivity contribution in [2.45, 2.75) is 32.9 Å². The molecule has 0 saturated heterocycles. The van der Waals surface area contributed by atoms with Crippen molar-refractivity contribution in [3.05, 3.63) is 54.2 Å². The van der Waals surface area contributed by atoms with Crippen LogP contribution in [0.3, 0.4) is 0 Å². The second-order valence-electron chi connectivity index (χ2n) is 5.43. The largest absolute Gasteiger partial charge is 0.488 e. The van der Waals surface area contributed by atoms with Crippen LogP contribution in [0.25, 0.3) is 0 Å². The Morgan fingerprint density at radius 1 is 1.05 bits per heavy atom. The van der Waals surface area contributed by atoms with E-state index < -0.39 is 0 Å². The molecule has 0 unspecified atom stereocenters. The summed E-state index contributed by atoms with van der Waals surface area (Å²) in [5, 5.41) is 3.28. The van der Waals surface area contributed by atoms with Gasteiger partial charge in [-0.25, -0.2) is 4.98 Å². The van der Waals surface area contributed by atoms with E-state index in [4.69, 9.17) is 4.74 Å². The van der Waals surface area contributed by atoms with Gasteiger partial charge in [0.05, 0.1) is 0 Å². The Morgan fingerprint density at radius 2 is 1.79 bits per heavy atom. The number of ether oxygens (including phenoxy) is 1. The van der Waals surface area contributed by atoms with E-state index in [9.17, 15) is 0 Å². The molecular weight excluding hydrogens is 236 g/mol. The van der Waals surface area contributed by atoms with Crippen LogP contribution in [-0.4, -0.2) is 10.6 Å². The summed E-state index contributed by atoms with van der Waals surface area (Å²) in [5.41, 5.74) is 1.04. The molecule has 0 spiro atoms. The van der Waals surface area contributed by atoms with E-state index >= 15 is 0 Å². The smallest absolute Gasteiger partial charge is 0.126 e. The molecule has 0 fully saturated rings. The second kappa shape index (κ2) is 5.74. The fraction of sp³-hybridized carbons (Fsp3) is 0.312. The molecule has 1 aromatic heterocycles. The van der Waals surface area contributed by atoms with Crippen LogP contribution in [0, 0.1) is 0 Å². The average molecular weight is 256 g/mol. The predicted molar refractivity (Wildman–Crippen MR) is 78.4 cm³/mol. The molecule has 1 heterocycles. The lowest BCUT2D eigenvalue weighted by Crippen LogP contribution is -2.22. The van der Waals surface area contributed by atoms with Crippen molar-refractivity contribution in [1.82, 2.24) is 4.98 Å². The van der Waals surface area contributed by atoms with E-state index in [0.717, 1.165) is 18.1 Å². The summed E-state index contributed by atoms with van der Waals surface area (Å²) in [4.78, 5) is 4.22. The molecule has 0 aliphatic heterocycles. The molecule has 19 heavy (non-hydrogen) atoms. The summed E-state index contributed by atoms with van der Waals surface area (Å²) in [6.07, 6.45) is 1.78. The number of anilines is 1. The fourth-order valence-corrected chi connectivity index (χ4v) is 1.69. The Morgan fingerprint density at radius 3 is 2.37 bits per heavy atom. The molecule has 0 amide bonds. The monoisotopic (exact) mass is 256 g/mol. The van der Waals surface area contributed by atoms with E-state index in [1.807, 2.05) is 51.1 Å². The second-order valence-corrected chi connectivity index (χ2v) is 5.43. The minimum atomic E-state index is -0.159. The van der Waals surface area contributed by atoms with E-state index in [2.05, 4.69) is 22.4 Å². The van der Waals surface area contributed by atoms with Gasteiger partial charge in [-0.2, -0.15) is 0 Å². The maximum Gasteiger partial charge on any atom is 0.126 e. The van der Waals surface area contributed by atoms with Crippen LogP contribution < -0.4 is 10.1 Å². The normalized spacial score (nSPS) is 11.1. The Labute approximate surface area is 114 Å². The first kappa shape index (κ1) is 13.4. The molecule has 0 radical (unpaired) electrons. The molecule has 3 nitrogen and oxygen atoms in total. The third kappa shape index (κ3) is 4.62. The summed E-state index contributed by atoms with van der Waals surface area (Å²) in [7, 11) is 0. The zero-order valence-electron chi connectivity index (χ0n) is 11.7. The number of nitrogens with zero attached hydrogens (tertiary/aromatic N) is 1. The van der Waals surface area contributed by atoms with Crippen LogP contribution in [0.1, 0.15) is 26.3 Å². The Balaban J connectivity index is 1.92. The van der Waals surface area contributed by atoms with Gasteiger partial charge in [-0.15, -0.1) is 0 Å². The molecule has 0 atom stereocenters. The van der Waals surface area contributed by atoms with Crippen LogP contribution in [0.2, 0.25) is 0 Å². The number of pyridine rings is 1. The summed E-state index contributed by atoms with van der Waals surface area (Å²) in [6, 6.07) is 14.0. The molecule has 0 aliphatic carbocycles. The van der Waals surface area contributed by atoms with Crippen molar-refractivity contribution < 1.29 is 4.74 Å². The van der Waals surface area contributed by atoms with Gasteiger partial charge in [-0.1, -0.05) is 18.2 Å². The molecule has 0 saturated carbocycles. The first-order valence-electron chi connectivity index (χ1n) is 6.46. The summed E-state index contributed by atoms with van der Waals surface area (Å²) in [6.45, 7) is 6.89. The van der Waals surface area contributed by atoms with E-state index in [-0.39, 0.29) is 5.60 Å². The van der Waals surface area contributed by atoms with Crippen LogP contribution in [0.5, 0.6) is 5.75 Å². The van der Waals surface area contributed by atoms with E-state index in [1.165, 1.54) is 5.56 Å². The summed E-state index contributed by atoms with van der Waals surface area (Å²) < 4.78 is 5.79. The third-order valence-electron chi connectivity index (χ3n) is 2.49. The number of rotatable bonds is 4. The lowest BCUT2D eigenvalue weighted by atomic mass is 10.1. The molecule has 0 aliphatic rings. The molecule has 2 rings (SSSR count). The number of nitrogens with one attached hydrogen (secondary N) is 1. The van der Waals surface area contributed by atoms with Crippen molar-refractivity contribution in [3.8, 4) is 5.75 Å². The zero-order chi connectivity index (χ0) is 13.7. The summed E-state index contributed by atoms with van der Waals surface area (Å²) in [5.74, 6) is 1.78. The zero-order valence-corrected chi connectivity index (χ0v) is 11.7. The highest BCUT2D eigenvalue weighted by Gasteiger charge is 2.11. The highest BCUT2D eigenvalue weighted by atomic mass is 16.5. The predicted octanol–water partition coefficient (Wildman–Crippen LogP) is 3.87. The van der Waals surface area contributed by atoms with Crippen molar-refractivity contribution in [2.24, 2.45) is 0 Å². The Kier molecular flexibility index (Phi) is 4.05. The average Bonchev–Trinajstić information content (AvgIpc) is 2.37. The maximum atomic E-state index is 5.79. The fourth-order valence-electron chi connectivity index (χ4n) is 1.69. The van der Waals surface area contributed by atoms with Gasteiger partial charge in [-0.3, -0.25) is 0 Å². The molecule has 3 heteroatoms. The van der Waals surface area contributed by atoms with Gasteiger partial charge in [-0.05, 0) is 50.6 Å². The highest BCUT2D eigenvalue weighted by Crippen LogP contribution is 2.18. The van der Waals surface area contributed by atoms with Gasteiger partial charge in [0.25, 0.3) is 0 Å². The quantitative estimate of drug-likeness (QED) is 0.901. The van der Waals surface area contributed by atoms with Gasteiger partial charge in [0.2, 0.25) is 0 Å². The molecule has 2 aromatic rings. The summed E-state index contributed by atoms with van der Waals surface area (Å²) >= 11 is 0. The van der Waals surface area contributed by atoms with Gasteiger partial charge < -0.3 is 10.1 Å². The minimum absolute atomic E-state index is 0.159. The van der Waals surface area contributed by atoms with Crippen LogP contribution >= 0.6 is 0 Å². The lowest BCUT2D eigenvalue weighted by molar-refractivity contribution is 0.131. The van der Waals surface area contributed by atoms with Crippen molar-refractivity contribution in [2.75, 3.05) is 5.32 Å². The van der Waals surface area contributed by atoms with Crippen LogP contribution in [0.4, 0.5) is 5.82 Å². The van der Waals surface area contributed by atoms with Gasteiger partial charge in [0, 0.05) is 12.7 Å². The standard InChI is InChI=1S/C16H20N2O/c1-16(2,3)19-14-9-7-13(8-10-14)12-18-15-6-4-5-11-17-15/h4-11H,12H2,1-3H3,(H,17,18). The van der Waals surface area contributed by atoms with Gasteiger partial charge >= 0.3 is 0 Å². The molecule has 1 N–H and O–H groups in total. The van der Waals surface area contributed by atoms with Crippen molar-refractivity contribution in [3.63, 3.8) is 0 Å². The number of hydrogen-bond donors (Lipinski definition) is 1. The molecular formula is C16H20N2O. The van der Waals surface area contributed by atoms with Gasteiger partial charge in [0.15, 0.2) is 0 Å². The lowest BCUT2D eigenvalue weighted by Gasteiger charge is -2.21. The van der Waals surface area contributed by atoms with E-state index in [1.54, 1.807) is 6.20 Å². The first-order chi connectivity index (χ1) is 9.03. The number of hydrogen-bond acceptors (Lipinski definition) is 3. The Bertz CT molecular complexity index is 501. The third-order valence-corrected chi connectivity index (χ3v) is 2.49.